The average Bonchev–Trinajstić information content (AvgIpc) is 2.91. The van der Waals surface area contributed by atoms with Crippen molar-refractivity contribution in [1.82, 2.24) is 4.90 Å². The van der Waals surface area contributed by atoms with Crippen LogP contribution in [-0.2, 0) is 22.4 Å². The third kappa shape index (κ3) is 8.06. The lowest BCUT2D eigenvalue weighted by molar-refractivity contribution is -0.164. The van der Waals surface area contributed by atoms with Crippen molar-refractivity contribution >= 4 is 23.2 Å². The molecule has 4 rings (SSSR count). The van der Waals surface area contributed by atoms with Gasteiger partial charge in [0.1, 0.15) is 0 Å². The van der Waals surface area contributed by atoms with E-state index in [1.807, 2.05) is 30.3 Å². The quantitative estimate of drug-likeness (QED) is 0.266. The summed E-state index contributed by atoms with van der Waals surface area (Å²) in [4.78, 5) is 2.44. The molecule has 0 N–H and O–H groups in total. The second-order valence-corrected chi connectivity index (χ2v) is 10.1. The van der Waals surface area contributed by atoms with Crippen molar-refractivity contribution in [3.63, 3.8) is 0 Å². The van der Waals surface area contributed by atoms with Crippen molar-refractivity contribution in [2.24, 2.45) is 0 Å². The Bertz CT molecular complexity index is 1130. The Morgan fingerprint density at radius 2 is 1.83 bits per heavy atom. The molecule has 6 heteroatoms. The lowest BCUT2D eigenvalue weighted by Crippen LogP contribution is -2.34. The lowest BCUT2D eigenvalue weighted by Gasteiger charge is -2.30. The Morgan fingerprint density at radius 1 is 1.03 bits per heavy atom. The van der Waals surface area contributed by atoms with Gasteiger partial charge in [-0.1, -0.05) is 71.7 Å². The van der Waals surface area contributed by atoms with Gasteiger partial charge in [-0.25, -0.2) is 0 Å². The number of nitriles is 1. The number of hydrogen-bond acceptors (Lipinski definition) is 4. The van der Waals surface area contributed by atoms with E-state index < -0.39 is 0 Å². The zero-order valence-electron chi connectivity index (χ0n) is 20.4. The first kappa shape index (κ1) is 26.7. The number of hydrogen-bond donors (Lipinski definition) is 0. The van der Waals surface area contributed by atoms with E-state index in [1.165, 1.54) is 11.1 Å². The first-order valence-electron chi connectivity index (χ1n) is 12.5. The van der Waals surface area contributed by atoms with Gasteiger partial charge in [0.25, 0.3) is 0 Å². The van der Waals surface area contributed by atoms with Crippen LogP contribution in [0.4, 0.5) is 0 Å². The van der Waals surface area contributed by atoms with E-state index in [0.29, 0.717) is 17.2 Å². The molecule has 0 bridgehead atoms. The highest BCUT2D eigenvalue weighted by atomic mass is 35.5. The van der Waals surface area contributed by atoms with Crippen LogP contribution < -0.4 is 0 Å². The van der Waals surface area contributed by atoms with Gasteiger partial charge in [0.2, 0.25) is 0 Å². The Labute approximate surface area is 224 Å². The molecule has 188 valence electrons. The molecule has 36 heavy (non-hydrogen) atoms. The first-order valence-corrected chi connectivity index (χ1v) is 13.3. The molecule has 4 nitrogen and oxygen atoms in total. The van der Waals surface area contributed by atoms with Crippen LogP contribution in [0.3, 0.4) is 0 Å². The molecule has 3 aromatic carbocycles. The largest absolute Gasteiger partial charge is 0.353 e. The van der Waals surface area contributed by atoms with Gasteiger partial charge < -0.3 is 9.47 Å². The standard InChI is InChI=1S/C30H32Cl2N2O2/c31-28-13-11-25(12-14-28)27(19-26-10-9-24(20-33)18-29(26)32)22-34(21-23-6-2-1-3-7-23)15-17-36-30-8-4-5-16-35-30/h1-3,6-7,9-14,18,27,30H,4-5,8,15-17,19,21-22H2/t27-,30?/m0/s1. The summed E-state index contributed by atoms with van der Waals surface area (Å²) in [6, 6.07) is 26.3. The second-order valence-electron chi connectivity index (χ2n) is 9.26. The molecule has 1 heterocycles. The number of ether oxygens (including phenoxy) is 2. The van der Waals surface area contributed by atoms with Gasteiger partial charge in [0.05, 0.1) is 18.2 Å². The Kier molecular flexibility index (Phi) is 10.2. The number of halogens is 2. The summed E-state index contributed by atoms with van der Waals surface area (Å²) in [6.07, 6.45) is 3.89. The minimum absolute atomic E-state index is 0.0955. The molecule has 1 fully saturated rings. The zero-order valence-corrected chi connectivity index (χ0v) is 21.9. The van der Waals surface area contributed by atoms with E-state index >= 15 is 0 Å². The van der Waals surface area contributed by atoms with Crippen molar-refractivity contribution in [2.45, 2.75) is 44.4 Å². The smallest absolute Gasteiger partial charge is 0.157 e. The topological polar surface area (TPSA) is 45.5 Å². The van der Waals surface area contributed by atoms with E-state index in [0.717, 1.165) is 62.5 Å². The van der Waals surface area contributed by atoms with Gasteiger partial charge in [-0.15, -0.1) is 0 Å². The monoisotopic (exact) mass is 522 g/mol. The maximum atomic E-state index is 9.23. The highest BCUT2D eigenvalue weighted by molar-refractivity contribution is 6.31. The Balaban J connectivity index is 1.53. The maximum absolute atomic E-state index is 9.23. The number of rotatable bonds is 11. The summed E-state index contributed by atoms with van der Waals surface area (Å²) in [5.41, 5.74) is 4.06. The summed E-state index contributed by atoms with van der Waals surface area (Å²) < 4.78 is 11.8. The molecule has 3 aromatic rings. The Morgan fingerprint density at radius 3 is 2.53 bits per heavy atom. The summed E-state index contributed by atoms with van der Waals surface area (Å²) in [5.74, 6) is 0.183. The van der Waals surface area contributed by atoms with Crippen LogP contribution in [0.2, 0.25) is 10.0 Å². The van der Waals surface area contributed by atoms with Crippen LogP contribution in [0, 0.1) is 11.3 Å². The third-order valence-corrected chi connectivity index (χ3v) is 7.17. The molecule has 1 saturated heterocycles. The van der Waals surface area contributed by atoms with Gasteiger partial charge in [-0.3, -0.25) is 4.90 Å². The predicted octanol–water partition coefficient (Wildman–Crippen LogP) is 7.24. The molecule has 0 saturated carbocycles. The molecule has 0 aromatic heterocycles. The summed E-state index contributed by atoms with van der Waals surface area (Å²) in [6.45, 7) is 3.83. The summed E-state index contributed by atoms with van der Waals surface area (Å²) in [5, 5.41) is 10.6. The fourth-order valence-electron chi connectivity index (χ4n) is 4.61. The molecule has 1 aliphatic heterocycles. The maximum Gasteiger partial charge on any atom is 0.157 e. The first-order chi connectivity index (χ1) is 17.6. The van der Waals surface area contributed by atoms with E-state index in [2.05, 4.69) is 47.4 Å². The summed E-state index contributed by atoms with van der Waals surface area (Å²) >= 11 is 12.8. The molecule has 0 radical (unpaired) electrons. The minimum Gasteiger partial charge on any atom is -0.353 e. The third-order valence-electron chi connectivity index (χ3n) is 6.57. The minimum atomic E-state index is -0.0955. The number of nitrogens with zero attached hydrogens (tertiary/aromatic N) is 2. The molecular weight excluding hydrogens is 491 g/mol. The molecule has 0 amide bonds. The van der Waals surface area contributed by atoms with Crippen LogP contribution >= 0.6 is 23.2 Å². The van der Waals surface area contributed by atoms with Gasteiger partial charge in [0, 0.05) is 42.2 Å². The van der Waals surface area contributed by atoms with Crippen LogP contribution in [-0.4, -0.2) is 37.5 Å². The van der Waals surface area contributed by atoms with Gasteiger partial charge in [-0.05, 0) is 66.6 Å². The van der Waals surface area contributed by atoms with Gasteiger partial charge >= 0.3 is 0 Å². The highest BCUT2D eigenvalue weighted by Crippen LogP contribution is 2.28. The van der Waals surface area contributed by atoms with Crippen molar-refractivity contribution in [1.29, 1.82) is 5.26 Å². The fraction of sp³-hybridized carbons (Fsp3) is 0.367. The molecule has 2 atom stereocenters. The normalized spacial score (nSPS) is 16.6. The predicted molar refractivity (Wildman–Crippen MR) is 145 cm³/mol. The lowest BCUT2D eigenvalue weighted by atomic mass is 9.91. The number of benzene rings is 3. The summed E-state index contributed by atoms with van der Waals surface area (Å²) in [7, 11) is 0. The van der Waals surface area contributed by atoms with Crippen LogP contribution in [0.15, 0.2) is 72.8 Å². The molecular formula is C30H32Cl2N2O2. The SMILES string of the molecule is N#Cc1ccc(C[C@@H](CN(CCOC2CCCCO2)Cc2ccccc2)c2ccc(Cl)cc2)c(Cl)c1. The van der Waals surface area contributed by atoms with E-state index in [-0.39, 0.29) is 12.2 Å². The highest BCUT2D eigenvalue weighted by Gasteiger charge is 2.20. The van der Waals surface area contributed by atoms with Crippen molar-refractivity contribution in [3.8, 4) is 6.07 Å². The molecule has 0 aliphatic carbocycles. The molecule has 1 unspecified atom stereocenters. The van der Waals surface area contributed by atoms with Crippen molar-refractivity contribution in [3.05, 3.63) is 105 Å². The van der Waals surface area contributed by atoms with Gasteiger partial charge in [0.15, 0.2) is 6.29 Å². The second kappa shape index (κ2) is 13.8. The van der Waals surface area contributed by atoms with Crippen LogP contribution in [0.25, 0.3) is 0 Å². The van der Waals surface area contributed by atoms with E-state index in [9.17, 15) is 5.26 Å². The van der Waals surface area contributed by atoms with E-state index in [1.54, 1.807) is 6.07 Å². The molecule has 0 spiro atoms. The van der Waals surface area contributed by atoms with Crippen LogP contribution in [0.5, 0.6) is 0 Å². The van der Waals surface area contributed by atoms with E-state index in [4.69, 9.17) is 32.7 Å². The average molecular weight is 524 g/mol. The van der Waals surface area contributed by atoms with Crippen molar-refractivity contribution in [2.75, 3.05) is 26.3 Å². The zero-order chi connectivity index (χ0) is 25.2. The van der Waals surface area contributed by atoms with Crippen molar-refractivity contribution < 1.29 is 9.47 Å². The fourth-order valence-corrected chi connectivity index (χ4v) is 5.00. The Hall–Kier alpha value is -2.39. The van der Waals surface area contributed by atoms with Gasteiger partial charge in [-0.2, -0.15) is 5.26 Å². The van der Waals surface area contributed by atoms with Crippen LogP contribution in [0.1, 0.15) is 47.4 Å². The molecule has 1 aliphatic rings.